The fraction of sp³-hybridized carbons (Fsp3) is 0.375. The van der Waals surface area contributed by atoms with Crippen LogP contribution in [0.5, 0.6) is 11.5 Å². The number of aliphatic carboxylic acids is 1. The number of carbonyl (C=O) groups is 3. The summed E-state index contributed by atoms with van der Waals surface area (Å²) in [6.07, 6.45) is -2.58. The van der Waals surface area contributed by atoms with Crippen molar-refractivity contribution in [2.45, 2.75) is 38.1 Å². The van der Waals surface area contributed by atoms with Crippen LogP contribution in [-0.4, -0.2) is 48.4 Å². The van der Waals surface area contributed by atoms with Crippen molar-refractivity contribution in [3.8, 4) is 11.5 Å². The second kappa shape index (κ2) is 12.0. The van der Waals surface area contributed by atoms with E-state index < -0.39 is 24.0 Å². The van der Waals surface area contributed by atoms with Gasteiger partial charge in [-0.15, -0.1) is 13.2 Å². The number of benzene rings is 2. The Kier molecular flexibility index (Phi) is 9.03. The SMILES string of the molecule is O=C(NCCNC(=O)c1ccc(Cl)c(OC(F)(F)F)c1)c1ccc(OC2CCC(C(=O)O)CC2)cc1. The van der Waals surface area contributed by atoms with Gasteiger partial charge in [-0.25, -0.2) is 0 Å². The van der Waals surface area contributed by atoms with E-state index in [9.17, 15) is 27.6 Å². The van der Waals surface area contributed by atoms with E-state index in [2.05, 4.69) is 15.4 Å². The van der Waals surface area contributed by atoms with Crippen LogP contribution in [0.25, 0.3) is 0 Å². The number of alkyl halides is 3. The van der Waals surface area contributed by atoms with Gasteiger partial charge in [-0.1, -0.05) is 11.6 Å². The molecule has 0 bridgehead atoms. The van der Waals surface area contributed by atoms with Gasteiger partial charge in [0.1, 0.15) is 11.5 Å². The number of nitrogens with one attached hydrogen (secondary N) is 2. The number of ether oxygens (including phenoxy) is 2. The number of carboxylic acids is 1. The summed E-state index contributed by atoms with van der Waals surface area (Å²) in [7, 11) is 0. The Labute approximate surface area is 209 Å². The molecule has 1 aliphatic rings. The van der Waals surface area contributed by atoms with E-state index in [0.29, 0.717) is 37.0 Å². The second-order valence-electron chi connectivity index (χ2n) is 8.16. The van der Waals surface area contributed by atoms with Crippen molar-refractivity contribution in [3.05, 3.63) is 58.6 Å². The molecule has 194 valence electrons. The van der Waals surface area contributed by atoms with Gasteiger partial charge < -0.3 is 25.2 Å². The fourth-order valence-electron chi connectivity index (χ4n) is 3.71. The highest BCUT2D eigenvalue weighted by molar-refractivity contribution is 6.32. The maximum Gasteiger partial charge on any atom is 0.573 e. The Balaban J connectivity index is 1.41. The van der Waals surface area contributed by atoms with Gasteiger partial charge in [0.25, 0.3) is 11.8 Å². The molecule has 0 spiro atoms. The highest BCUT2D eigenvalue weighted by atomic mass is 35.5. The van der Waals surface area contributed by atoms with E-state index in [4.69, 9.17) is 21.4 Å². The molecule has 1 saturated carbocycles. The third-order valence-electron chi connectivity index (χ3n) is 5.56. The van der Waals surface area contributed by atoms with Crippen molar-refractivity contribution in [3.63, 3.8) is 0 Å². The molecular weight excluding hydrogens is 505 g/mol. The summed E-state index contributed by atoms with van der Waals surface area (Å²) in [6, 6.07) is 9.73. The number of rotatable bonds is 9. The van der Waals surface area contributed by atoms with Crippen molar-refractivity contribution in [1.82, 2.24) is 10.6 Å². The minimum absolute atomic E-state index is 0.0306. The molecule has 0 heterocycles. The lowest BCUT2D eigenvalue weighted by atomic mass is 9.87. The molecule has 36 heavy (non-hydrogen) atoms. The van der Waals surface area contributed by atoms with E-state index in [1.807, 2.05) is 0 Å². The third kappa shape index (κ3) is 8.04. The van der Waals surface area contributed by atoms with Gasteiger partial charge in [-0.3, -0.25) is 14.4 Å². The normalized spacial score (nSPS) is 17.7. The number of halogens is 4. The first kappa shape index (κ1) is 27.1. The van der Waals surface area contributed by atoms with Crippen molar-refractivity contribution in [2.24, 2.45) is 5.92 Å². The predicted molar refractivity (Wildman–Crippen MR) is 123 cm³/mol. The first-order chi connectivity index (χ1) is 17.0. The van der Waals surface area contributed by atoms with Crippen LogP contribution in [0.4, 0.5) is 13.2 Å². The monoisotopic (exact) mass is 528 g/mol. The van der Waals surface area contributed by atoms with E-state index in [0.717, 1.165) is 12.1 Å². The third-order valence-corrected chi connectivity index (χ3v) is 5.87. The lowest BCUT2D eigenvalue weighted by molar-refractivity contribution is -0.274. The number of hydrogen-bond donors (Lipinski definition) is 3. The minimum Gasteiger partial charge on any atom is -0.490 e. The quantitative estimate of drug-likeness (QED) is 0.415. The molecule has 12 heteroatoms. The van der Waals surface area contributed by atoms with Crippen molar-refractivity contribution < 1.29 is 42.1 Å². The van der Waals surface area contributed by atoms with E-state index in [1.54, 1.807) is 24.3 Å². The Morgan fingerprint density at radius 2 is 1.47 bits per heavy atom. The molecular formula is C24H24ClF3N2O6. The molecule has 0 aliphatic heterocycles. The van der Waals surface area contributed by atoms with Crippen molar-refractivity contribution in [1.29, 1.82) is 0 Å². The van der Waals surface area contributed by atoms with Crippen molar-refractivity contribution >= 4 is 29.4 Å². The van der Waals surface area contributed by atoms with Gasteiger partial charge >= 0.3 is 12.3 Å². The van der Waals surface area contributed by atoms with Crippen LogP contribution in [0.1, 0.15) is 46.4 Å². The van der Waals surface area contributed by atoms with Gasteiger partial charge in [-0.05, 0) is 68.1 Å². The van der Waals surface area contributed by atoms with E-state index >= 15 is 0 Å². The van der Waals surface area contributed by atoms with Crippen LogP contribution in [0.15, 0.2) is 42.5 Å². The summed E-state index contributed by atoms with van der Waals surface area (Å²) in [5.41, 5.74) is 0.284. The zero-order chi connectivity index (χ0) is 26.3. The van der Waals surface area contributed by atoms with E-state index in [1.165, 1.54) is 6.07 Å². The second-order valence-corrected chi connectivity index (χ2v) is 8.57. The molecule has 1 fully saturated rings. The maximum absolute atomic E-state index is 12.4. The Morgan fingerprint density at radius 1 is 0.917 bits per heavy atom. The van der Waals surface area contributed by atoms with Crippen LogP contribution in [0.2, 0.25) is 5.02 Å². The van der Waals surface area contributed by atoms with Gasteiger partial charge in [0.2, 0.25) is 0 Å². The highest BCUT2D eigenvalue weighted by Gasteiger charge is 2.32. The molecule has 0 aromatic heterocycles. The fourth-order valence-corrected chi connectivity index (χ4v) is 3.86. The Hall–Kier alpha value is -3.47. The first-order valence-electron chi connectivity index (χ1n) is 11.1. The first-order valence-corrected chi connectivity index (χ1v) is 11.5. The summed E-state index contributed by atoms with van der Waals surface area (Å²) >= 11 is 5.67. The molecule has 0 radical (unpaired) electrons. The zero-order valence-electron chi connectivity index (χ0n) is 18.9. The number of amides is 2. The summed E-state index contributed by atoms with van der Waals surface area (Å²) in [5.74, 6) is -2.26. The summed E-state index contributed by atoms with van der Waals surface area (Å²) in [4.78, 5) is 35.5. The Bertz CT molecular complexity index is 1090. The molecule has 3 N–H and O–H groups in total. The lowest BCUT2D eigenvalue weighted by Gasteiger charge is -2.26. The molecule has 1 aliphatic carbocycles. The van der Waals surface area contributed by atoms with Gasteiger partial charge in [-0.2, -0.15) is 0 Å². The molecule has 8 nitrogen and oxygen atoms in total. The topological polar surface area (TPSA) is 114 Å². The average Bonchev–Trinajstić information content (AvgIpc) is 2.83. The summed E-state index contributed by atoms with van der Waals surface area (Å²) in [6.45, 7) is 0.109. The molecule has 3 rings (SSSR count). The van der Waals surface area contributed by atoms with E-state index in [-0.39, 0.29) is 41.6 Å². The van der Waals surface area contributed by atoms with Gasteiger partial charge in [0, 0.05) is 24.2 Å². The number of hydrogen-bond acceptors (Lipinski definition) is 5. The predicted octanol–water partition coefficient (Wildman–Crippen LogP) is 4.42. The number of carboxylic acid groups (broad SMARTS) is 1. The zero-order valence-corrected chi connectivity index (χ0v) is 19.7. The molecule has 0 atom stereocenters. The summed E-state index contributed by atoms with van der Waals surface area (Å²) in [5, 5.41) is 13.9. The van der Waals surface area contributed by atoms with Crippen LogP contribution in [-0.2, 0) is 4.79 Å². The highest BCUT2D eigenvalue weighted by Crippen LogP contribution is 2.31. The lowest BCUT2D eigenvalue weighted by Crippen LogP contribution is -2.34. The van der Waals surface area contributed by atoms with Gasteiger partial charge in [0.05, 0.1) is 17.0 Å². The standard InChI is InChI=1S/C24H24ClF3N2O6/c25-19-10-5-16(13-20(19)36-24(26,27)28)22(32)30-12-11-29-21(31)14-1-6-17(7-2-14)35-18-8-3-15(4-9-18)23(33)34/h1-2,5-7,10,13,15,18H,3-4,8-9,11-12H2,(H,29,31)(H,30,32)(H,33,34). The minimum atomic E-state index is -4.95. The van der Waals surface area contributed by atoms with Gasteiger partial charge in [0.15, 0.2) is 0 Å². The maximum atomic E-state index is 12.4. The van der Waals surface area contributed by atoms with Crippen LogP contribution in [0.3, 0.4) is 0 Å². The molecule has 2 amide bonds. The Morgan fingerprint density at radius 3 is 2.03 bits per heavy atom. The molecule has 0 unspecified atom stereocenters. The van der Waals surface area contributed by atoms with Crippen molar-refractivity contribution in [2.75, 3.05) is 13.1 Å². The largest absolute Gasteiger partial charge is 0.573 e. The molecule has 2 aromatic carbocycles. The summed E-state index contributed by atoms with van der Waals surface area (Å²) < 4.78 is 47.0. The van der Waals surface area contributed by atoms with Crippen LogP contribution < -0.4 is 20.1 Å². The average molecular weight is 529 g/mol. The smallest absolute Gasteiger partial charge is 0.490 e. The molecule has 2 aromatic rings. The van der Waals surface area contributed by atoms with Crippen LogP contribution >= 0.6 is 11.6 Å². The number of carbonyl (C=O) groups excluding carboxylic acids is 2. The van der Waals surface area contributed by atoms with Crippen LogP contribution in [0, 0.1) is 5.92 Å². The molecule has 0 saturated heterocycles.